The first-order valence-electron chi connectivity index (χ1n) is 5.63. The van der Waals surface area contributed by atoms with Gasteiger partial charge in [0.1, 0.15) is 16.6 Å². The van der Waals surface area contributed by atoms with E-state index < -0.39 is 0 Å². The van der Waals surface area contributed by atoms with Crippen molar-refractivity contribution in [3.05, 3.63) is 34.2 Å². The summed E-state index contributed by atoms with van der Waals surface area (Å²) >= 11 is 1.66. The van der Waals surface area contributed by atoms with E-state index in [0.717, 1.165) is 35.3 Å². The van der Waals surface area contributed by atoms with Crippen LogP contribution in [0.3, 0.4) is 0 Å². The normalized spacial score (nSPS) is 10.5. The molecule has 2 rings (SSSR count). The first kappa shape index (κ1) is 12.0. The molecule has 2 aromatic rings. The predicted octanol–water partition coefficient (Wildman–Crippen LogP) is 2.44. The van der Waals surface area contributed by atoms with E-state index in [-0.39, 0.29) is 0 Å². The summed E-state index contributed by atoms with van der Waals surface area (Å²) in [5, 5.41) is 3.09. The van der Waals surface area contributed by atoms with Crippen molar-refractivity contribution < 1.29 is 0 Å². The molecule has 0 radical (unpaired) electrons. The van der Waals surface area contributed by atoms with Gasteiger partial charge in [-0.1, -0.05) is 6.92 Å². The third-order valence-corrected chi connectivity index (χ3v) is 3.25. The molecule has 0 saturated carbocycles. The number of anilines is 1. The molecule has 2 aromatic heterocycles. The summed E-state index contributed by atoms with van der Waals surface area (Å²) < 4.78 is 0. The van der Waals surface area contributed by atoms with Crippen LogP contribution in [-0.4, -0.2) is 22.0 Å². The van der Waals surface area contributed by atoms with Crippen LogP contribution in [0.2, 0.25) is 0 Å². The molecule has 0 N–H and O–H groups in total. The number of hydrogen-bond donors (Lipinski definition) is 0. The van der Waals surface area contributed by atoms with Crippen molar-refractivity contribution in [2.75, 3.05) is 11.9 Å². The van der Waals surface area contributed by atoms with E-state index in [1.54, 1.807) is 11.3 Å². The maximum absolute atomic E-state index is 4.45. The molecule has 0 bridgehead atoms. The van der Waals surface area contributed by atoms with Crippen molar-refractivity contribution in [3.8, 4) is 0 Å². The summed E-state index contributed by atoms with van der Waals surface area (Å²) in [5.74, 6) is 1.79. The largest absolute Gasteiger partial charge is 0.353 e. The smallest absolute Gasteiger partial charge is 0.132 e. The third kappa shape index (κ3) is 3.00. The SMILES string of the molecule is CCc1cc(N(C)Cc2nccs2)nc(C)n1. The molecule has 17 heavy (non-hydrogen) atoms. The summed E-state index contributed by atoms with van der Waals surface area (Å²) in [5.41, 5.74) is 1.08. The van der Waals surface area contributed by atoms with E-state index in [1.165, 1.54) is 0 Å². The zero-order valence-corrected chi connectivity index (χ0v) is 11.2. The maximum atomic E-state index is 4.45. The fourth-order valence-corrected chi connectivity index (χ4v) is 2.27. The van der Waals surface area contributed by atoms with Gasteiger partial charge < -0.3 is 4.90 Å². The van der Waals surface area contributed by atoms with E-state index in [9.17, 15) is 0 Å². The molecule has 0 aromatic carbocycles. The van der Waals surface area contributed by atoms with E-state index in [4.69, 9.17) is 0 Å². The van der Waals surface area contributed by atoms with Crippen LogP contribution in [0.5, 0.6) is 0 Å². The molecule has 0 aliphatic rings. The van der Waals surface area contributed by atoms with Gasteiger partial charge in [-0.15, -0.1) is 11.3 Å². The van der Waals surface area contributed by atoms with Gasteiger partial charge in [0.25, 0.3) is 0 Å². The lowest BCUT2D eigenvalue weighted by Gasteiger charge is -2.17. The highest BCUT2D eigenvalue weighted by atomic mass is 32.1. The number of aromatic nitrogens is 3. The van der Waals surface area contributed by atoms with Crippen molar-refractivity contribution in [2.24, 2.45) is 0 Å². The van der Waals surface area contributed by atoms with Crippen molar-refractivity contribution in [1.82, 2.24) is 15.0 Å². The Morgan fingerprint density at radius 1 is 1.35 bits per heavy atom. The fourth-order valence-electron chi connectivity index (χ4n) is 1.60. The molecular weight excluding hydrogens is 232 g/mol. The lowest BCUT2D eigenvalue weighted by atomic mass is 10.3. The molecule has 2 heterocycles. The van der Waals surface area contributed by atoms with Crippen LogP contribution in [0.15, 0.2) is 17.6 Å². The molecule has 4 nitrogen and oxygen atoms in total. The molecular formula is C12H16N4S. The topological polar surface area (TPSA) is 41.9 Å². The fraction of sp³-hybridized carbons (Fsp3) is 0.417. The second-order valence-electron chi connectivity index (χ2n) is 3.90. The molecule has 5 heteroatoms. The zero-order valence-electron chi connectivity index (χ0n) is 10.3. The summed E-state index contributed by atoms with van der Waals surface area (Å²) in [7, 11) is 2.03. The number of aryl methyl sites for hydroxylation is 2. The van der Waals surface area contributed by atoms with E-state index in [2.05, 4.69) is 26.8 Å². The highest BCUT2D eigenvalue weighted by Gasteiger charge is 2.07. The Morgan fingerprint density at radius 3 is 2.82 bits per heavy atom. The van der Waals surface area contributed by atoms with Crippen LogP contribution in [0.25, 0.3) is 0 Å². The van der Waals surface area contributed by atoms with Crippen LogP contribution in [-0.2, 0) is 13.0 Å². The van der Waals surface area contributed by atoms with Crippen LogP contribution in [0.4, 0.5) is 5.82 Å². The summed E-state index contributed by atoms with van der Waals surface area (Å²) in [6.45, 7) is 4.82. The number of hydrogen-bond acceptors (Lipinski definition) is 5. The number of nitrogens with zero attached hydrogens (tertiary/aromatic N) is 4. The first-order chi connectivity index (χ1) is 8.19. The Balaban J connectivity index is 2.18. The van der Waals surface area contributed by atoms with Gasteiger partial charge in [-0.3, -0.25) is 0 Å². The van der Waals surface area contributed by atoms with Crippen molar-refractivity contribution in [1.29, 1.82) is 0 Å². The lowest BCUT2D eigenvalue weighted by molar-refractivity contribution is 0.855. The Labute approximate surface area is 105 Å². The molecule has 0 atom stereocenters. The summed E-state index contributed by atoms with van der Waals surface area (Å²) in [6.07, 6.45) is 2.76. The first-order valence-corrected chi connectivity index (χ1v) is 6.51. The van der Waals surface area contributed by atoms with Crippen LogP contribution in [0.1, 0.15) is 23.4 Å². The Kier molecular flexibility index (Phi) is 3.68. The molecule has 0 spiro atoms. The Hall–Kier alpha value is -1.49. The highest BCUT2D eigenvalue weighted by molar-refractivity contribution is 7.09. The van der Waals surface area contributed by atoms with Gasteiger partial charge in [-0.25, -0.2) is 15.0 Å². The van der Waals surface area contributed by atoms with E-state index >= 15 is 0 Å². The van der Waals surface area contributed by atoms with Gasteiger partial charge in [0.05, 0.1) is 6.54 Å². The van der Waals surface area contributed by atoms with Crippen molar-refractivity contribution in [2.45, 2.75) is 26.8 Å². The standard InChI is InChI=1S/C12H16N4S/c1-4-10-7-11(15-9(2)14-10)16(3)8-12-13-5-6-17-12/h5-7H,4,8H2,1-3H3. The molecule has 0 amide bonds. The predicted molar refractivity (Wildman–Crippen MR) is 70.4 cm³/mol. The average molecular weight is 248 g/mol. The molecule has 0 saturated heterocycles. The van der Waals surface area contributed by atoms with E-state index in [0.29, 0.717) is 0 Å². The second kappa shape index (κ2) is 5.23. The van der Waals surface area contributed by atoms with Crippen LogP contribution < -0.4 is 4.90 Å². The third-order valence-electron chi connectivity index (χ3n) is 2.49. The quantitative estimate of drug-likeness (QED) is 0.833. The molecule has 0 fully saturated rings. The van der Waals surface area contributed by atoms with Gasteiger partial charge in [-0.05, 0) is 13.3 Å². The molecule has 0 unspecified atom stereocenters. The Morgan fingerprint density at radius 2 is 2.18 bits per heavy atom. The lowest BCUT2D eigenvalue weighted by Crippen LogP contribution is -2.18. The van der Waals surface area contributed by atoms with Gasteiger partial charge in [0.15, 0.2) is 0 Å². The number of thiazole rings is 1. The minimum absolute atomic E-state index is 0.789. The summed E-state index contributed by atoms with van der Waals surface area (Å²) in [4.78, 5) is 15.2. The maximum Gasteiger partial charge on any atom is 0.132 e. The van der Waals surface area contributed by atoms with Crippen molar-refractivity contribution in [3.63, 3.8) is 0 Å². The minimum atomic E-state index is 0.789. The van der Waals surface area contributed by atoms with Gasteiger partial charge in [-0.2, -0.15) is 0 Å². The second-order valence-corrected chi connectivity index (χ2v) is 4.88. The Bertz CT molecular complexity index is 481. The minimum Gasteiger partial charge on any atom is -0.353 e. The highest BCUT2D eigenvalue weighted by Crippen LogP contribution is 2.15. The van der Waals surface area contributed by atoms with Crippen LogP contribution in [0, 0.1) is 6.92 Å². The van der Waals surface area contributed by atoms with Gasteiger partial charge in [0, 0.05) is 30.4 Å². The zero-order chi connectivity index (χ0) is 12.3. The molecule has 0 aliphatic carbocycles. The monoisotopic (exact) mass is 248 g/mol. The van der Waals surface area contributed by atoms with Gasteiger partial charge in [0.2, 0.25) is 0 Å². The van der Waals surface area contributed by atoms with Crippen LogP contribution >= 0.6 is 11.3 Å². The average Bonchev–Trinajstić information content (AvgIpc) is 2.81. The number of rotatable bonds is 4. The molecule has 90 valence electrons. The molecule has 0 aliphatic heterocycles. The van der Waals surface area contributed by atoms with E-state index in [1.807, 2.05) is 31.6 Å². The summed E-state index contributed by atoms with van der Waals surface area (Å²) in [6, 6.07) is 2.04. The van der Waals surface area contributed by atoms with Crippen molar-refractivity contribution >= 4 is 17.2 Å². The van der Waals surface area contributed by atoms with Gasteiger partial charge >= 0.3 is 0 Å².